The minimum absolute atomic E-state index is 0. The molecule has 0 aromatic heterocycles. The van der Waals surface area contributed by atoms with Crippen LogP contribution in [0.4, 0.5) is 0 Å². The molecule has 4 nitrogen and oxygen atoms in total. The maximum Gasteiger partial charge on any atom is 0.252 e. The first-order valence-corrected chi connectivity index (χ1v) is 10.9. The van der Waals surface area contributed by atoms with Crippen LogP contribution < -0.4 is 16.0 Å². The minimum atomic E-state index is -0.0572. The van der Waals surface area contributed by atoms with Crippen LogP contribution in [0.25, 0.3) is 0 Å². The Morgan fingerprint density at radius 1 is 1.00 bits per heavy atom. The highest BCUT2D eigenvalue weighted by Crippen LogP contribution is 2.24. The minimum Gasteiger partial charge on any atom is -0.351 e. The molecular weight excluding hydrogens is 382 g/mol. The first-order valence-electron chi connectivity index (χ1n) is 10.6. The van der Waals surface area contributed by atoms with Crippen LogP contribution in [0.2, 0.25) is 5.02 Å². The lowest BCUT2D eigenvalue weighted by Crippen LogP contribution is -2.39. The van der Waals surface area contributed by atoms with Crippen LogP contribution in [0.5, 0.6) is 0 Å². The van der Waals surface area contributed by atoms with E-state index in [0.717, 1.165) is 50.9 Å². The summed E-state index contributed by atoms with van der Waals surface area (Å²) in [4.78, 5) is 12.7. The SMILES string of the molecule is O=C(NC[C]1CCCCCCC1)c1cc(CNC2CCNCC2)ccc1Cl.[CH2].[CH2]. The number of carbonyl (C=O) groups is 1. The topological polar surface area (TPSA) is 53.2 Å². The molecule has 1 saturated heterocycles. The molecule has 3 rings (SSSR count). The number of halogens is 1. The van der Waals surface area contributed by atoms with Gasteiger partial charge in [0, 0.05) is 19.1 Å². The first-order chi connectivity index (χ1) is 13.2. The molecule has 29 heavy (non-hydrogen) atoms. The zero-order valence-corrected chi connectivity index (χ0v) is 18.5. The highest BCUT2D eigenvalue weighted by Gasteiger charge is 2.17. The van der Waals surface area contributed by atoms with Crippen molar-refractivity contribution >= 4 is 17.5 Å². The number of nitrogens with one attached hydrogen (secondary N) is 3. The van der Waals surface area contributed by atoms with Crippen LogP contribution in [0.1, 0.15) is 73.7 Å². The molecule has 1 aromatic rings. The highest BCUT2D eigenvalue weighted by molar-refractivity contribution is 6.33. The molecule has 1 aliphatic carbocycles. The number of carbonyl (C=O) groups excluding carboxylic acids is 1. The van der Waals surface area contributed by atoms with Crippen LogP contribution in [0.3, 0.4) is 0 Å². The van der Waals surface area contributed by atoms with E-state index in [0.29, 0.717) is 23.2 Å². The van der Waals surface area contributed by atoms with Gasteiger partial charge in [0.25, 0.3) is 5.91 Å². The van der Waals surface area contributed by atoms with Gasteiger partial charge in [0.05, 0.1) is 10.6 Å². The molecule has 1 saturated carbocycles. The number of hydrogen-bond acceptors (Lipinski definition) is 3. The molecule has 0 bridgehead atoms. The van der Waals surface area contributed by atoms with Gasteiger partial charge in [0.15, 0.2) is 0 Å². The summed E-state index contributed by atoms with van der Waals surface area (Å²) in [6.07, 6.45) is 11.1. The summed E-state index contributed by atoms with van der Waals surface area (Å²) in [5.74, 6) is 1.42. The Kier molecular flexibility index (Phi) is 12.5. The Hall–Kier alpha value is -1.10. The smallest absolute Gasteiger partial charge is 0.252 e. The van der Waals surface area contributed by atoms with Crippen molar-refractivity contribution in [1.82, 2.24) is 16.0 Å². The van der Waals surface area contributed by atoms with Crippen LogP contribution in [0.15, 0.2) is 18.2 Å². The molecule has 0 unspecified atom stereocenters. The zero-order chi connectivity index (χ0) is 18.9. The van der Waals surface area contributed by atoms with Gasteiger partial charge in [-0.1, -0.05) is 64.6 Å². The number of benzene rings is 1. The van der Waals surface area contributed by atoms with Gasteiger partial charge in [-0.2, -0.15) is 0 Å². The molecule has 1 aromatic carbocycles. The average Bonchev–Trinajstić information content (AvgIpc) is 2.67. The fourth-order valence-corrected chi connectivity index (χ4v) is 4.23. The van der Waals surface area contributed by atoms with E-state index in [-0.39, 0.29) is 20.8 Å². The highest BCUT2D eigenvalue weighted by atomic mass is 35.5. The van der Waals surface area contributed by atoms with Gasteiger partial charge < -0.3 is 16.0 Å². The van der Waals surface area contributed by atoms with E-state index in [4.69, 9.17) is 11.6 Å². The monoisotopic (exact) mass is 418 g/mol. The Balaban J connectivity index is 0.00000210. The molecule has 0 spiro atoms. The maximum atomic E-state index is 12.7. The lowest BCUT2D eigenvalue weighted by molar-refractivity contribution is 0.0954. The lowest BCUT2D eigenvalue weighted by atomic mass is 9.91. The van der Waals surface area contributed by atoms with E-state index in [1.165, 1.54) is 38.0 Å². The molecule has 5 radical (unpaired) electrons. The quantitative estimate of drug-likeness (QED) is 0.616. The second-order valence-corrected chi connectivity index (χ2v) is 8.33. The van der Waals surface area contributed by atoms with Crippen molar-refractivity contribution in [3.8, 4) is 0 Å². The van der Waals surface area contributed by atoms with Gasteiger partial charge >= 0.3 is 0 Å². The average molecular weight is 419 g/mol. The molecule has 1 heterocycles. The van der Waals surface area contributed by atoms with E-state index < -0.39 is 0 Å². The van der Waals surface area contributed by atoms with Crippen molar-refractivity contribution in [2.24, 2.45) is 0 Å². The molecule has 161 valence electrons. The van der Waals surface area contributed by atoms with E-state index in [2.05, 4.69) is 16.0 Å². The van der Waals surface area contributed by atoms with Gasteiger partial charge in [-0.05, 0) is 62.4 Å². The molecule has 0 atom stereocenters. The Labute approximate surface area is 183 Å². The van der Waals surface area contributed by atoms with Crippen molar-refractivity contribution in [2.75, 3.05) is 19.6 Å². The number of piperidine rings is 1. The van der Waals surface area contributed by atoms with E-state index in [9.17, 15) is 4.79 Å². The predicted molar refractivity (Wildman–Crippen MR) is 123 cm³/mol. The van der Waals surface area contributed by atoms with E-state index >= 15 is 0 Å². The van der Waals surface area contributed by atoms with Crippen molar-refractivity contribution in [2.45, 2.75) is 70.4 Å². The Bertz CT molecular complexity index is 594. The van der Waals surface area contributed by atoms with Crippen molar-refractivity contribution < 1.29 is 4.79 Å². The van der Waals surface area contributed by atoms with Gasteiger partial charge in [0.2, 0.25) is 0 Å². The van der Waals surface area contributed by atoms with Gasteiger partial charge in [-0.25, -0.2) is 0 Å². The fraction of sp³-hybridized carbons (Fsp3) is 0.583. The molecular formula is C24H37ClN3O. The van der Waals surface area contributed by atoms with Crippen LogP contribution in [0, 0.1) is 20.8 Å². The van der Waals surface area contributed by atoms with Gasteiger partial charge in [-0.15, -0.1) is 0 Å². The second-order valence-electron chi connectivity index (χ2n) is 7.92. The maximum absolute atomic E-state index is 12.7. The molecule has 2 aliphatic rings. The molecule has 2 fully saturated rings. The van der Waals surface area contributed by atoms with E-state index in [1.807, 2.05) is 18.2 Å². The number of rotatable bonds is 6. The summed E-state index contributed by atoms with van der Waals surface area (Å²) < 4.78 is 0. The largest absolute Gasteiger partial charge is 0.351 e. The normalized spacial score (nSPS) is 18.7. The van der Waals surface area contributed by atoms with Crippen molar-refractivity contribution in [3.63, 3.8) is 0 Å². The molecule has 1 aliphatic heterocycles. The predicted octanol–water partition coefficient (Wildman–Crippen LogP) is 4.88. The number of hydrogen-bond donors (Lipinski definition) is 3. The van der Waals surface area contributed by atoms with Crippen LogP contribution in [-0.2, 0) is 6.54 Å². The van der Waals surface area contributed by atoms with Gasteiger partial charge in [0.1, 0.15) is 0 Å². The summed E-state index contributed by atoms with van der Waals surface area (Å²) in [7, 11) is 0. The van der Waals surface area contributed by atoms with Gasteiger partial charge in [-0.3, -0.25) is 4.79 Å². The second kappa shape index (κ2) is 14.0. The first kappa shape index (κ1) is 25.9. The molecule has 3 N–H and O–H groups in total. The summed E-state index contributed by atoms with van der Waals surface area (Å²) in [6, 6.07) is 6.35. The Morgan fingerprint density at radius 3 is 2.34 bits per heavy atom. The molecule has 1 amide bonds. The zero-order valence-electron chi connectivity index (χ0n) is 17.7. The Morgan fingerprint density at radius 2 is 1.66 bits per heavy atom. The number of amides is 1. The van der Waals surface area contributed by atoms with Crippen molar-refractivity contribution in [3.05, 3.63) is 55.1 Å². The van der Waals surface area contributed by atoms with Crippen molar-refractivity contribution in [1.29, 1.82) is 0 Å². The lowest BCUT2D eigenvalue weighted by Gasteiger charge is -2.24. The summed E-state index contributed by atoms with van der Waals surface area (Å²) in [5, 5.41) is 10.6. The third-order valence-electron chi connectivity index (χ3n) is 5.77. The third kappa shape index (κ3) is 8.65. The summed E-state index contributed by atoms with van der Waals surface area (Å²) >= 11 is 6.31. The molecule has 5 heteroatoms. The summed E-state index contributed by atoms with van der Waals surface area (Å²) in [5.41, 5.74) is 1.70. The fourth-order valence-electron chi connectivity index (χ4n) is 4.03. The van der Waals surface area contributed by atoms with E-state index in [1.54, 1.807) is 0 Å². The standard InChI is InChI=1S/C22H33ClN3O.2CH2/c23-21-9-8-18(16-25-19-10-12-24-13-11-19)14-20(21)22(27)26-15-17-6-4-2-1-3-5-7-17;;/h8-9,14,19,24-25H,1-7,10-13,15-16H2,(H,26,27);2*1H2. The third-order valence-corrected chi connectivity index (χ3v) is 6.10. The summed E-state index contributed by atoms with van der Waals surface area (Å²) in [6.45, 7) is 3.61. The van der Waals surface area contributed by atoms with Crippen LogP contribution >= 0.6 is 11.6 Å². The van der Waals surface area contributed by atoms with Crippen LogP contribution in [-0.4, -0.2) is 31.6 Å².